The van der Waals surface area contributed by atoms with Crippen molar-refractivity contribution >= 4 is 11.9 Å². The van der Waals surface area contributed by atoms with Crippen LogP contribution < -0.4 is 11.1 Å². The van der Waals surface area contributed by atoms with E-state index in [-0.39, 0.29) is 30.3 Å². The third-order valence-corrected chi connectivity index (χ3v) is 3.14. The van der Waals surface area contributed by atoms with Crippen LogP contribution in [0.5, 0.6) is 0 Å². The number of hydrogen-bond acceptors (Lipinski definition) is 5. The molecule has 0 aromatic heterocycles. The van der Waals surface area contributed by atoms with Crippen LogP contribution in [-0.4, -0.2) is 41.3 Å². The van der Waals surface area contributed by atoms with Gasteiger partial charge >= 0.3 is 5.97 Å². The van der Waals surface area contributed by atoms with Crippen LogP contribution in [0.15, 0.2) is 0 Å². The van der Waals surface area contributed by atoms with E-state index in [0.29, 0.717) is 13.0 Å². The molecular weight excluding hydrogens is 308 g/mol. The minimum atomic E-state index is -0.736. The summed E-state index contributed by atoms with van der Waals surface area (Å²) in [4.78, 5) is 23.9. The van der Waals surface area contributed by atoms with Crippen molar-refractivity contribution in [1.82, 2.24) is 5.32 Å². The highest BCUT2D eigenvalue weighted by Gasteiger charge is 2.25. The Labute approximate surface area is 146 Å². The number of carbonyl (C=O) groups is 2. The lowest BCUT2D eigenvalue weighted by atomic mass is 9.99. The summed E-state index contributed by atoms with van der Waals surface area (Å²) in [5, 5.41) is 2.92. The van der Waals surface area contributed by atoms with E-state index in [0.717, 1.165) is 0 Å². The highest BCUT2D eigenvalue weighted by Crippen LogP contribution is 2.14. The quantitative estimate of drug-likeness (QED) is 0.660. The van der Waals surface area contributed by atoms with Gasteiger partial charge in [-0.05, 0) is 68.2 Å². The SMILES string of the molecule is CC(C)(CCOC(C)(C)C)NC(=O)[C@@H](N)CCC(=O)OC(C)(C)C. The van der Waals surface area contributed by atoms with Crippen LogP contribution in [0.25, 0.3) is 0 Å². The van der Waals surface area contributed by atoms with Crippen molar-refractivity contribution in [2.75, 3.05) is 6.61 Å². The van der Waals surface area contributed by atoms with Gasteiger partial charge in [-0.15, -0.1) is 0 Å². The average Bonchev–Trinajstić information content (AvgIpc) is 2.31. The Morgan fingerprint density at radius 1 is 1.00 bits per heavy atom. The van der Waals surface area contributed by atoms with Gasteiger partial charge in [0.1, 0.15) is 5.60 Å². The molecule has 0 bridgehead atoms. The van der Waals surface area contributed by atoms with E-state index in [2.05, 4.69) is 5.32 Å². The topological polar surface area (TPSA) is 90.6 Å². The second-order valence-electron chi connectivity index (χ2n) is 8.82. The van der Waals surface area contributed by atoms with Crippen molar-refractivity contribution in [1.29, 1.82) is 0 Å². The van der Waals surface area contributed by atoms with Gasteiger partial charge in [0, 0.05) is 18.6 Å². The number of rotatable bonds is 8. The molecule has 0 aliphatic heterocycles. The first-order chi connectivity index (χ1) is 10.6. The first-order valence-electron chi connectivity index (χ1n) is 8.55. The third-order valence-electron chi connectivity index (χ3n) is 3.14. The van der Waals surface area contributed by atoms with E-state index < -0.39 is 17.2 Å². The first kappa shape index (κ1) is 22.9. The van der Waals surface area contributed by atoms with Crippen LogP contribution in [0.1, 0.15) is 74.7 Å². The summed E-state index contributed by atoms with van der Waals surface area (Å²) in [7, 11) is 0. The van der Waals surface area contributed by atoms with Crippen molar-refractivity contribution < 1.29 is 19.1 Å². The number of carbonyl (C=O) groups excluding carboxylic acids is 2. The van der Waals surface area contributed by atoms with Gasteiger partial charge in [0.25, 0.3) is 0 Å². The molecule has 6 heteroatoms. The second kappa shape index (κ2) is 8.81. The third kappa shape index (κ3) is 12.3. The molecule has 24 heavy (non-hydrogen) atoms. The van der Waals surface area contributed by atoms with E-state index in [1.807, 2.05) is 34.6 Å². The summed E-state index contributed by atoms with van der Waals surface area (Å²) in [5.74, 6) is -0.608. The van der Waals surface area contributed by atoms with Gasteiger partial charge in [-0.1, -0.05) is 0 Å². The molecule has 0 spiro atoms. The average molecular weight is 344 g/mol. The Bertz CT molecular complexity index is 420. The number of nitrogens with one attached hydrogen (secondary N) is 1. The molecule has 0 heterocycles. The van der Waals surface area contributed by atoms with E-state index in [4.69, 9.17) is 15.2 Å². The van der Waals surface area contributed by atoms with Crippen LogP contribution in [0, 0.1) is 0 Å². The monoisotopic (exact) mass is 344 g/mol. The molecule has 0 unspecified atom stereocenters. The molecule has 1 atom stereocenters. The minimum absolute atomic E-state index is 0.124. The molecule has 0 saturated heterocycles. The number of hydrogen-bond donors (Lipinski definition) is 2. The number of amides is 1. The van der Waals surface area contributed by atoms with Crippen LogP contribution in [0.3, 0.4) is 0 Å². The van der Waals surface area contributed by atoms with Gasteiger partial charge in [-0.3, -0.25) is 9.59 Å². The van der Waals surface area contributed by atoms with E-state index in [1.54, 1.807) is 20.8 Å². The van der Waals surface area contributed by atoms with Crippen LogP contribution in [-0.2, 0) is 19.1 Å². The van der Waals surface area contributed by atoms with Crippen LogP contribution in [0.2, 0.25) is 0 Å². The van der Waals surface area contributed by atoms with Crippen molar-refractivity contribution in [2.24, 2.45) is 5.73 Å². The summed E-state index contributed by atoms with van der Waals surface area (Å²) in [6.07, 6.45) is 1.06. The lowest BCUT2D eigenvalue weighted by Gasteiger charge is -2.29. The zero-order valence-corrected chi connectivity index (χ0v) is 16.6. The molecule has 0 aliphatic carbocycles. The maximum Gasteiger partial charge on any atom is 0.306 e. The van der Waals surface area contributed by atoms with Crippen molar-refractivity contribution in [3.63, 3.8) is 0 Å². The zero-order chi connectivity index (χ0) is 19.2. The van der Waals surface area contributed by atoms with Gasteiger partial charge in [0.15, 0.2) is 0 Å². The largest absolute Gasteiger partial charge is 0.460 e. The zero-order valence-electron chi connectivity index (χ0n) is 16.6. The number of esters is 1. The molecule has 0 aromatic rings. The molecule has 1 amide bonds. The summed E-state index contributed by atoms with van der Waals surface area (Å²) in [6, 6.07) is -0.736. The number of ether oxygens (including phenoxy) is 2. The Kier molecular flexibility index (Phi) is 8.39. The Hall–Kier alpha value is -1.14. The molecular formula is C18H36N2O4. The summed E-state index contributed by atoms with van der Waals surface area (Å²) in [6.45, 7) is 15.8. The second-order valence-corrected chi connectivity index (χ2v) is 8.82. The lowest BCUT2D eigenvalue weighted by Crippen LogP contribution is -2.51. The predicted molar refractivity (Wildman–Crippen MR) is 95.6 cm³/mol. The summed E-state index contributed by atoms with van der Waals surface area (Å²) < 4.78 is 10.9. The smallest absolute Gasteiger partial charge is 0.306 e. The van der Waals surface area contributed by atoms with Gasteiger partial charge in [0.05, 0.1) is 11.6 Å². The standard InChI is InChI=1S/C18H36N2O4/c1-16(2,3)23-12-11-18(7,8)20-15(22)13(19)9-10-14(21)24-17(4,5)6/h13H,9-12,19H2,1-8H3,(H,20,22)/t13-/m0/s1. The minimum Gasteiger partial charge on any atom is -0.460 e. The van der Waals surface area contributed by atoms with Gasteiger partial charge < -0.3 is 20.5 Å². The fraction of sp³-hybridized carbons (Fsp3) is 0.889. The Morgan fingerprint density at radius 3 is 2.00 bits per heavy atom. The Balaban J connectivity index is 4.26. The molecule has 0 fully saturated rings. The van der Waals surface area contributed by atoms with Crippen LogP contribution >= 0.6 is 0 Å². The molecule has 3 N–H and O–H groups in total. The van der Waals surface area contributed by atoms with Crippen LogP contribution in [0.4, 0.5) is 0 Å². The van der Waals surface area contributed by atoms with Gasteiger partial charge in [0.2, 0.25) is 5.91 Å². The molecule has 0 rings (SSSR count). The highest BCUT2D eigenvalue weighted by molar-refractivity contribution is 5.82. The normalized spacial score (nSPS) is 14.2. The maximum atomic E-state index is 12.2. The van der Waals surface area contributed by atoms with E-state index >= 15 is 0 Å². The maximum absolute atomic E-state index is 12.2. The molecule has 6 nitrogen and oxygen atoms in total. The Morgan fingerprint density at radius 2 is 1.54 bits per heavy atom. The van der Waals surface area contributed by atoms with Crippen molar-refractivity contribution in [2.45, 2.75) is 97.4 Å². The number of nitrogens with two attached hydrogens (primary N) is 1. The molecule has 0 radical (unpaired) electrons. The van der Waals surface area contributed by atoms with Gasteiger partial charge in [-0.25, -0.2) is 0 Å². The fourth-order valence-electron chi connectivity index (χ4n) is 1.90. The summed E-state index contributed by atoms with van der Waals surface area (Å²) >= 11 is 0. The van der Waals surface area contributed by atoms with Gasteiger partial charge in [-0.2, -0.15) is 0 Å². The molecule has 0 aromatic carbocycles. The van der Waals surface area contributed by atoms with E-state index in [1.165, 1.54) is 0 Å². The van der Waals surface area contributed by atoms with Crippen molar-refractivity contribution in [3.8, 4) is 0 Å². The summed E-state index contributed by atoms with van der Waals surface area (Å²) in [5.41, 5.74) is 4.72. The molecule has 0 saturated carbocycles. The predicted octanol–water partition coefficient (Wildman–Crippen LogP) is 2.54. The molecule has 0 aliphatic rings. The lowest BCUT2D eigenvalue weighted by molar-refractivity contribution is -0.155. The first-order valence-corrected chi connectivity index (χ1v) is 8.55. The molecule has 142 valence electrons. The van der Waals surface area contributed by atoms with Crippen molar-refractivity contribution in [3.05, 3.63) is 0 Å². The highest BCUT2D eigenvalue weighted by atomic mass is 16.6. The fourth-order valence-corrected chi connectivity index (χ4v) is 1.90. The van der Waals surface area contributed by atoms with E-state index in [9.17, 15) is 9.59 Å².